The Morgan fingerprint density at radius 3 is 2.86 bits per heavy atom. The molecule has 0 saturated carbocycles. The fourth-order valence-corrected chi connectivity index (χ4v) is 3.54. The highest BCUT2D eigenvalue weighted by Gasteiger charge is 2.29. The van der Waals surface area contributed by atoms with E-state index in [2.05, 4.69) is 27.2 Å². The van der Waals surface area contributed by atoms with Gasteiger partial charge in [0, 0.05) is 49.5 Å². The van der Waals surface area contributed by atoms with Crippen molar-refractivity contribution in [3.05, 3.63) is 28.8 Å². The van der Waals surface area contributed by atoms with Crippen LogP contribution in [-0.2, 0) is 11.3 Å². The number of rotatable bonds is 4. The van der Waals surface area contributed by atoms with Gasteiger partial charge in [0.15, 0.2) is 0 Å². The molecule has 2 fully saturated rings. The molecule has 0 radical (unpaired) electrons. The number of morpholine rings is 1. The van der Waals surface area contributed by atoms with Gasteiger partial charge < -0.3 is 15.0 Å². The van der Waals surface area contributed by atoms with Crippen molar-refractivity contribution in [1.82, 2.24) is 10.2 Å². The lowest BCUT2D eigenvalue weighted by Crippen LogP contribution is -2.44. The van der Waals surface area contributed by atoms with Gasteiger partial charge in [0.1, 0.15) is 0 Å². The molecule has 2 saturated heterocycles. The van der Waals surface area contributed by atoms with Crippen molar-refractivity contribution in [1.29, 1.82) is 0 Å². The second-order valence-electron chi connectivity index (χ2n) is 5.84. The lowest BCUT2D eigenvalue weighted by Gasteiger charge is -2.32. The molecule has 0 amide bonds. The number of halogens is 1. The van der Waals surface area contributed by atoms with Crippen LogP contribution in [0.1, 0.15) is 12.0 Å². The summed E-state index contributed by atoms with van der Waals surface area (Å²) >= 11 is 6.21. The average Bonchev–Trinajstić information content (AvgIpc) is 3.00. The lowest BCUT2D eigenvalue weighted by molar-refractivity contribution is 0.0209. The Morgan fingerprint density at radius 1 is 1.29 bits per heavy atom. The third kappa shape index (κ3) is 3.51. The van der Waals surface area contributed by atoms with Gasteiger partial charge in [-0.15, -0.1) is 0 Å². The number of hydrogen-bond acceptors (Lipinski definition) is 4. The summed E-state index contributed by atoms with van der Waals surface area (Å²) in [4.78, 5) is 5.06. The summed E-state index contributed by atoms with van der Waals surface area (Å²) in [5, 5.41) is 4.06. The van der Waals surface area contributed by atoms with Gasteiger partial charge in [-0.25, -0.2) is 0 Å². The SMILES string of the molecule is CNCc1ccc(Cl)cc1N1CCC(N2CCOCC2)C1. The average molecular weight is 310 g/mol. The van der Waals surface area contributed by atoms with Crippen molar-refractivity contribution in [2.24, 2.45) is 0 Å². The van der Waals surface area contributed by atoms with Crippen molar-refractivity contribution in [2.45, 2.75) is 19.0 Å². The van der Waals surface area contributed by atoms with Crippen LogP contribution >= 0.6 is 11.6 Å². The standard InChI is InChI=1S/C16H24ClN3O/c1-18-11-13-2-3-14(17)10-16(13)20-5-4-15(12-20)19-6-8-21-9-7-19/h2-3,10,15,18H,4-9,11-12H2,1H3. The van der Waals surface area contributed by atoms with E-state index < -0.39 is 0 Å². The van der Waals surface area contributed by atoms with Crippen LogP contribution in [0.4, 0.5) is 5.69 Å². The minimum absolute atomic E-state index is 0.648. The first-order valence-corrected chi connectivity index (χ1v) is 8.15. The molecule has 2 aliphatic rings. The van der Waals surface area contributed by atoms with E-state index in [0.717, 1.165) is 51.0 Å². The third-order valence-electron chi connectivity index (χ3n) is 4.48. The number of nitrogens with one attached hydrogen (secondary N) is 1. The fourth-order valence-electron chi connectivity index (χ4n) is 3.37. The largest absolute Gasteiger partial charge is 0.379 e. The van der Waals surface area contributed by atoms with Crippen molar-refractivity contribution >= 4 is 17.3 Å². The number of benzene rings is 1. The van der Waals surface area contributed by atoms with Crippen LogP contribution in [0.25, 0.3) is 0 Å². The Balaban J connectivity index is 1.71. The first-order chi connectivity index (χ1) is 10.3. The molecular formula is C16H24ClN3O. The molecule has 0 bridgehead atoms. The first-order valence-electron chi connectivity index (χ1n) is 7.77. The van der Waals surface area contributed by atoms with Crippen molar-refractivity contribution in [2.75, 3.05) is 51.3 Å². The molecule has 1 aromatic rings. The van der Waals surface area contributed by atoms with E-state index >= 15 is 0 Å². The summed E-state index contributed by atoms with van der Waals surface area (Å²) in [5.41, 5.74) is 2.61. The van der Waals surface area contributed by atoms with Crippen LogP contribution in [0.15, 0.2) is 18.2 Å². The van der Waals surface area contributed by atoms with E-state index in [0.29, 0.717) is 6.04 Å². The first kappa shape index (κ1) is 15.1. The number of ether oxygens (including phenoxy) is 1. The van der Waals surface area contributed by atoms with Crippen molar-refractivity contribution < 1.29 is 4.74 Å². The van der Waals surface area contributed by atoms with Gasteiger partial charge in [-0.05, 0) is 31.2 Å². The normalized spacial score (nSPS) is 23.7. The van der Waals surface area contributed by atoms with E-state index in [9.17, 15) is 0 Å². The molecule has 1 N–H and O–H groups in total. The Hall–Kier alpha value is -0.810. The molecule has 0 aromatic heterocycles. The second kappa shape index (κ2) is 6.97. The molecule has 4 nitrogen and oxygen atoms in total. The molecule has 0 aliphatic carbocycles. The predicted molar refractivity (Wildman–Crippen MR) is 87.2 cm³/mol. The molecule has 1 unspecified atom stereocenters. The second-order valence-corrected chi connectivity index (χ2v) is 6.28. The molecule has 2 heterocycles. The minimum Gasteiger partial charge on any atom is -0.379 e. The van der Waals surface area contributed by atoms with E-state index in [4.69, 9.17) is 16.3 Å². The molecule has 0 spiro atoms. The summed E-state index contributed by atoms with van der Waals surface area (Å²) in [6.45, 7) is 6.97. The van der Waals surface area contributed by atoms with E-state index in [1.165, 1.54) is 17.7 Å². The Labute approximate surface area is 132 Å². The van der Waals surface area contributed by atoms with Gasteiger partial charge in [0.2, 0.25) is 0 Å². The van der Waals surface area contributed by atoms with E-state index in [1.807, 2.05) is 13.1 Å². The Kier molecular flexibility index (Phi) is 5.01. The summed E-state index contributed by atoms with van der Waals surface area (Å²) in [5.74, 6) is 0. The lowest BCUT2D eigenvalue weighted by atomic mass is 10.1. The molecular weight excluding hydrogens is 286 g/mol. The molecule has 21 heavy (non-hydrogen) atoms. The van der Waals surface area contributed by atoms with Gasteiger partial charge >= 0.3 is 0 Å². The van der Waals surface area contributed by atoms with Crippen LogP contribution in [0, 0.1) is 0 Å². The summed E-state index contributed by atoms with van der Waals surface area (Å²) in [6, 6.07) is 6.87. The third-order valence-corrected chi connectivity index (χ3v) is 4.72. The van der Waals surface area contributed by atoms with Crippen LogP contribution in [-0.4, -0.2) is 57.4 Å². The number of hydrogen-bond donors (Lipinski definition) is 1. The Morgan fingerprint density at radius 2 is 2.10 bits per heavy atom. The Bertz CT molecular complexity index is 477. The van der Waals surface area contributed by atoms with Gasteiger partial charge in [-0.3, -0.25) is 4.90 Å². The zero-order valence-corrected chi connectivity index (χ0v) is 13.4. The number of nitrogens with zero attached hydrogens (tertiary/aromatic N) is 2. The zero-order valence-electron chi connectivity index (χ0n) is 12.6. The predicted octanol–water partition coefficient (Wildman–Crippen LogP) is 1.97. The maximum Gasteiger partial charge on any atom is 0.0594 e. The maximum atomic E-state index is 6.21. The molecule has 1 atom stereocenters. The zero-order chi connectivity index (χ0) is 14.7. The molecule has 116 valence electrons. The maximum absolute atomic E-state index is 6.21. The topological polar surface area (TPSA) is 27.7 Å². The molecule has 5 heteroatoms. The van der Waals surface area contributed by atoms with Gasteiger partial charge in [-0.2, -0.15) is 0 Å². The van der Waals surface area contributed by atoms with E-state index in [1.54, 1.807) is 0 Å². The van der Waals surface area contributed by atoms with Crippen molar-refractivity contribution in [3.63, 3.8) is 0 Å². The summed E-state index contributed by atoms with van der Waals surface area (Å²) in [7, 11) is 1.99. The molecule has 3 rings (SSSR count). The highest BCUT2D eigenvalue weighted by Crippen LogP contribution is 2.29. The number of anilines is 1. The van der Waals surface area contributed by atoms with E-state index in [-0.39, 0.29) is 0 Å². The van der Waals surface area contributed by atoms with Gasteiger partial charge in [-0.1, -0.05) is 17.7 Å². The highest BCUT2D eigenvalue weighted by molar-refractivity contribution is 6.30. The fraction of sp³-hybridized carbons (Fsp3) is 0.625. The minimum atomic E-state index is 0.648. The highest BCUT2D eigenvalue weighted by atomic mass is 35.5. The quantitative estimate of drug-likeness (QED) is 0.920. The van der Waals surface area contributed by atoms with Gasteiger partial charge in [0.25, 0.3) is 0 Å². The molecule has 1 aromatic carbocycles. The summed E-state index contributed by atoms with van der Waals surface area (Å²) < 4.78 is 5.46. The van der Waals surface area contributed by atoms with Crippen LogP contribution in [0.2, 0.25) is 5.02 Å². The van der Waals surface area contributed by atoms with Gasteiger partial charge in [0.05, 0.1) is 13.2 Å². The van der Waals surface area contributed by atoms with Crippen LogP contribution in [0.3, 0.4) is 0 Å². The van der Waals surface area contributed by atoms with Crippen LogP contribution < -0.4 is 10.2 Å². The molecule has 2 aliphatic heterocycles. The van der Waals surface area contributed by atoms with Crippen LogP contribution in [0.5, 0.6) is 0 Å². The summed E-state index contributed by atoms with van der Waals surface area (Å²) in [6.07, 6.45) is 1.23. The smallest absolute Gasteiger partial charge is 0.0594 e. The monoisotopic (exact) mass is 309 g/mol. The van der Waals surface area contributed by atoms with Crippen molar-refractivity contribution in [3.8, 4) is 0 Å².